The third kappa shape index (κ3) is 2.96. The molecule has 4 nitrogen and oxygen atoms in total. The highest BCUT2D eigenvalue weighted by atomic mass is 32.2. The number of aliphatic hydroxyl groups is 1. The minimum Gasteiger partial charge on any atom is -0.399 e. The molecule has 5 heteroatoms. The maximum absolute atomic E-state index is 8.64. The molecule has 0 radical (unpaired) electrons. The van der Waals surface area contributed by atoms with Crippen LogP contribution in [0.4, 0.5) is 11.4 Å². The molecule has 0 bridgehead atoms. The summed E-state index contributed by atoms with van der Waals surface area (Å²) in [6, 6.07) is 5.48. The van der Waals surface area contributed by atoms with Crippen molar-refractivity contribution in [3.05, 3.63) is 34.7 Å². The molecule has 0 amide bonds. The first kappa shape index (κ1) is 12.8. The summed E-state index contributed by atoms with van der Waals surface area (Å²) in [5.41, 5.74) is 14.1. The lowest BCUT2D eigenvalue weighted by Gasteiger charge is -2.06. The van der Waals surface area contributed by atoms with Crippen LogP contribution in [0.1, 0.15) is 12.0 Å². The standard InChI is InChI=1S/C13H15N3OS/c14-9-1-3-12(15)11(7-9)13-4-2-10(18-13)8-16-5-6-17/h1,3-4,7,17H,2,5-6,14-15H2. The van der Waals surface area contributed by atoms with Crippen LogP contribution in [-0.2, 0) is 0 Å². The van der Waals surface area contributed by atoms with Crippen molar-refractivity contribution in [3.8, 4) is 0 Å². The van der Waals surface area contributed by atoms with E-state index in [1.54, 1.807) is 17.8 Å². The molecule has 1 aliphatic rings. The minimum absolute atomic E-state index is 0.0490. The number of nitrogen functional groups attached to an aromatic ring is 2. The highest BCUT2D eigenvalue weighted by Gasteiger charge is 2.15. The second-order valence-electron chi connectivity index (χ2n) is 3.86. The maximum Gasteiger partial charge on any atom is 0.0715 e. The van der Waals surface area contributed by atoms with E-state index in [4.69, 9.17) is 16.6 Å². The highest BCUT2D eigenvalue weighted by molar-refractivity contribution is 8.12. The molecule has 0 fully saturated rings. The second kappa shape index (κ2) is 5.78. The number of nitrogens with zero attached hydrogens (tertiary/aromatic N) is 1. The number of benzene rings is 1. The Bertz CT molecular complexity index is 545. The van der Waals surface area contributed by atoms with E-state index >= 15 is 0 Å². The number of rotatable bonds is 3. The van der Waals surface area contributed by atoms with Crippen LogP contribution < -0.4 is 11.5 Å². The Morgan fingerprint density at radius 1 is 1.39 bits per heavy atom. The monoisotopic (exact) mass is 261 g/mol. The van der Waals surface area contributed by atoms with Crippen LogP contribution >= 0.6 is 11.8 Å². The number of aliphatic hydroxyl groups excluding tert-OH is 1. The van der Waals surface area contributed by atoms with Crippen molar-refractivity contribution < 1.29 is 5.11 Å². The summed E-state index contributed by atoms with van der Waals surface area (Å²) in [5.74, 6) is 2.94. The summed E-state index contributed by atoms with van der Waals surface area (Å²) >= 11 is 1.59. The first-order valence-corrected chi connectivity index (χ1v) is 6.45. The van der Waals surface area contributed by atoms with E-state index < -0.39 is 0 Å². The van der Waals surface area contributed by atoms with E-state index in [-0.39, 0.29) is 6.61 Å². The summed E-state index contributed by atoms with van der Waals surface area (Å²) in [4.78, 5) is 6.11. The normalized spacial score (nSPS) is 14.3. The molecule has 1 aliphatic heterocycles. The first-order chi connectivity index (χ1) is 8.70. The molecule has 5 N–H and O–H groups in total. The summed E-state index contributed by atoms with van der Waals surface area (Å²) in [6.07, 6.45) is 2.88. The number of aliphatic imine (C=N–C) groups is 1. The third-order valence-corrected chi connectivity index (χ3v) is 3.58. The van der Waals surface area contributed by atoms with Crippen molar-refractivity contribution in [1.82, 2.24) is 0 Å². The van der Waals surface area contributed by atoms with Gasteiger partial charge in [-0.2, -0.15) is 0 Å². The number of nitrogens with two attached hydrogens (primary N) is 2. The Hall–Kier alpha value is -1.68. The van der Waals surface area contributed by atoms with Gasteiger partial charge in [0.1, 0.15) is 0 Å². The fourth-order valence-corrected chi connectivity index (χ4v) is 2.61. The van der Waals surface area contributed by atoms with Crippen molar-refractivity contribution in [2.45, 2.75) is 6.42 Å². The van der Waals surface area contributed by atoms with Crippen LogP contribution in [0.5, 0.6) is 0 Å². The highest BCUT2D eigenvalue weighted by Crippen LogP contribution is 2.42. The molecule has 18 heavy (non-hydrogen) atoms. The predicted octanol–water partition coefficient (Wildman–Crippen LogP) is 1.87. The molecular weight excluding hydrogens is 246 g/mol. The predicted molar refractivity (Wildman–Crippen MR) is 78.4 cm³/mol. The number of hydrogen-bond donors (Lipinski definition) is 3. The molecule has 0 unspecified atom stereocenters. The molecule has 94 valence electrons. The Morgan fingerprint density at radius 3 is 3.00 bits per heavy atom. The van der Waals surface area contributed by atoms with Crippen molar-refractivity contribution in [2.24, 2.45) is 4.99 Å². The Kier molecular flexibility index (Phi) is 4.10. The molecule has 0 saturated carbocycles. The van der Waals surface area contributed by atoms with Gasteiger partial charge >= 0.3 is 0 Å². The van der Waals surface area contributed by atoms with Crippen molar-refractivity contribution in [1.29, 1.82) is 0 Å². The van der Waals surface area contributed by atoms with Crippen molar-refractivity contribution in [3.63, 3.8) is 0 Å². The smallest absolute Gasteiger partial charge is 0.0715 e. The van der Waals surface area contributed by atoms with Crippen LogP contribution in [-0.4, -0.2) is 24.1 Å². The van der Waals surface area contributed by atoms with Crippen LogP contribution in [0.3, 0.4) is 0 Å². The molecule has 0 aliphatic carbocycles. The number of anilines is 2. The molecule has 1 heterocycles. The van der Waals surface area contributed by atoms with Gasteiger partial charge in [-0.05, 0) is 24.1 Å². The third-order valence-electron chi connectivity index (χ3n) is 2.46. The van der Waals surface area contributed by atoms with Gasteiger partial charge < -0.3 is 16.6 Å². The Balaban J connectivity index is 2.18. The quantitative estimate of drug-likeness (QED) is 0.573. The zero-order valence-corrected chi connectivity index (χ0v) is 10.7. The molecule has 0 spiro atoms. The van der Waals surface area contributed by atoms with E-state index in [0.717, 1.165) is 27.5 Å². The van der Waals surface area contributed by atoms with Gasteiger partial charge in [0.05, 0.1) is 18.1 Å². The fraction of sp³-hybridized carbons (Fsp3) is 0.231. The topological polar surface area (TPSA) is 84.6 Å². The van der Waals surface area contributed by atoms with Crippen LogP contribution in [0.15, 0.2) is 34.2 Å². The van der Waals surface area contributed by atoms with Gasteiger partial charge in [-0.1, -0.05) is 17.8 Å². The summed E-state index contributed by atoms with van der Waals surface area (Å²) in [7, 11) is 0. The second-order valence-corrected chi connectivity index (χ2v) is 5.00. The zero-order chi connectivity index (χ0) is 13.0. The number of allylic oxidation sites excluding steroid dienone is 2. The van der Waals surface area contributed by atoms with E-state index in [1.165, 1.54) is 0 Å². The number of thioether (sulfide) groups is 1. The van der Waals surface area contributed by atoms with Crippen LogP contribution in [0, 0.1) is 0 Å². The van der Waals surface area contributed by atoms with Crippen LogP contribution in [0.25, 0.3) is 4.91 Å². The van der Waals surface area contributed by atoms with Crippen molar-refractivity contribution in [2.75, 3.05) is 24.6 Å². The summed E-state index contributed by atoms with van der Waals surface area (Å²) in [5, 5.41) is 8.64. The van der Waals surface area contributed by atoms with Crippen LogP contribution in [0.2, 0.25) is 0 Å². The SMILES string of the molecule is Nc1ccc(N)c(C2=CCC(=C=NCCO)S2)c1. The largest absolute Gasteiger partial charge is 0.399 e. The lowest BCUT2D eigenvalue weighted by molar-refractivity contribution is 0.307. The molecule has 0 atom stereocenters. The van der Waals surface area contributed by atoms with Gasteiger partial charge in [0, 0.05) is 28.3 Å². The zero-order valence-electron chi connectivity index (χ0n) is 9.89. The van der Waals surface area contributed by atoms with Gasteiger partial charge in [0.2, 0.25) is 0 Å². The lowest BCUT2D eigenvalue weighted by Crippen LogP contribution is -1.94. The average Bonchev–Trinajstić information content (AvgIpc) is 2.81. The van der Waals surface area contributed by atoms with Crippen molar-refractivity contribution >= 4 is 33.9 Å². The van der Waals surface area contributed by atoms with E-state index in [0.29, 0.717) is 12.2 Å². The Morgan fingerprint density at radius 2 is 2.22 bits per heavy atom. The minimum atomic E-state index is 0.0490. The Labute approximate surface area is 110 Å². The van der Waals surface area contributed by atoms with Gasteiger partial charge in [0.15, 0.2) is 0 Å². The molecule has 1 aromatic rings. The molecule has 0 saturated heterocycles. The summed E-state index contributed by atoms with van der Waals surface area (Å²) in [6.45, 7) is 0.438. The lowest BCUT2D eigenvalue weighted by atomic mass is 10.1. The number of hydrogen-bond acceptors (Lipinski definition) is 5. The van der Waals surface area contributed by atoms with Gasteiger partial charge in [-0.15, -0.1) is 0 Å². The molecule has 1 aromatic carbocycles. The first-order valence-electron chi connectivity index (χ1n) is 5.63. The maximum atomic E-state index is 8.64. The van der Waals surface area contributed by atoms with E-state index in [9.17, 15) is 0 Å². The van der Waals surface area contributed by atoms with E-state index in [1.807, 2.05) is 12.1 Å². The molecular formula is C13H15N3OS. The fourth-order valence-electron chi connectivity index (χ4n) is 1.62. The summed E-state index contributed by atoms with van der Waals surface area (Å²) < 4.78 is 0. The van der Waals surface area contributed by atoms with E-state index in [2.05, 4.69) is 16.9 Å². The molecule has 2 rings (SSSR count). The average molecular weight is 261 g/mol. The van der Waals surface area contributed by atoms with Gasteiger partial charge in [-0.25, -0.2) is 4.99 Å². The van der Waals surface area contributed by atoms with Gasteiger partial charge in [-0.3, -0.25) is 0 Å². The molecule has 0 aromatic heterocycles. The van der Waals surface area contributed by atoms with Gasteiger partial charge in [0.25, 0.3) is 0 Å².